The van der Waals surface area contributed by atoms with E-state index in [0.29, 0.717) is 5.78 Å². The Labute approximate surface area is 129 Å². The van der Waals surface area contributed by atoms with Gasteiger partial charge in [-0.05, 0) is 31.0 Å². The molecule has 0 saturated heterocycles. The molecular formula is C16H19N5O. The normalized spacial score (nSPS) is 12.3. The molecule has 3 rings (SSSR count). The van der Waals surface area contributed by atoms with E-state index in [1.807, 2.05) is 25.1 Å². The van der Waals surface area contributed by atoms with Crippen LogP contribution in [0.2, 0.25) is 0 Å². The smallest absolute Gasteiger partial charge is 0.254 e. The van der Waals surface area contributed by atoms with Gasteiger partial charge in [0.15, 0.2) is 0 Å². The van der Waals surface area contributed by atoms with Gasteiger partial charge < -0.3 is 10.1 Å². The second kappa shape index (κ2) is 6.01. The van der Waals surface area contributed by atoms with Crippen LogP contribution >= 0.6 is 0 Å². The number of nitrogens with one attached hydrogen (secondary N) is 1. The van der Waals surface area contributed by atoms with Gasteiger partial charge in [0.05, 0.1) is 13.2 Å². The zero-order valence-corrected chi connectivity index (χ0v) is 12.9. The van der Waals surface area contributed by atoms with Gasteiger partial charge in [0, 0.05) is 11.8 Å². The molecule has 0 bridgehead atoms. The van der Waals surface area contributed by atoms with Crippen molar-refractivity contribution in [1.29, 1.82) is 0 Å². The maximum Gasteiger partial charge on any atom is 0.254 e. The number of methoxy groups -OCH3 is 1. The summed E-state index contributed by atoms with van der Waals surface area (Å²) in [4.78, 5) is 8.51. The fourth-order valence-corrected chi connectivity index (χ4v) is 2.47. The van der Waals surface area contributed by atoms with Crippen molar-refractivity contribution in [1.82, 2.24) is 19.6 Å². The topological polar surface area (TPSA) is 64.3 Å². The summed E-state index contributed by atoms with van der Waals surface area (Å²) in [6.07, 6.45) is 2.46. The van der Waals surface area contributed by atoms with Gasteiger partial charge >= 0.3 is 0 Å². The maximum atomic E-state index is 5.21. The number of aryl methyl sites for hydroxylation is 1. The molecule has 0 amide bonds. The van der Waals surface area contributed by atoms with Crippen LogP contribution in [0.5, 0.6) is 5.75 Å². The third-order valence-corrected chi connectivity index (χ3v) is 3.63. The molecule has 22 heavy (non-hydrogen) atoms. The Kier molecular flexibility index (Phi) is 3.91. The number of nitrogens with zero attached hydrogens (tertiary/aromatic N) is 4. The summed E-state index contributed by atoms with van der Waals surface area (Å²) in [7, 11) is 1.67. The Bertz CT molecular complexity index is 766. The molecule has 0 spiro atoms. The summed E-state index contributed by atoms with van der Waals surface area (Å²) in [5, 5.41) is 7.76. The Morgan fingerprint density at radius 1 is 1.27 bits per heavy atom. The number of rotatable bonds is 5. The molecule has 0 aliphatic carbocycles. The average molecular weight is 297 g/mol. The Morgan fingerprint density at radius 3 is 2.73 bits per heavy atom. The molecule has 1 N–H and O–H groups in total. The van der Waals surface area contributed by atoms with Crippen molar-refractivity contribution in [2.75, 3.05) is 12.4 Å². The first-order valence-corrected chi connectivity index (χ1v) is 7.29. The summed E-state index contributed by atoms with van der Waals surface area (Å²) < 4.78 is 6.93. The molecule has 6 nitrogen and oxygen atoms in total. The van der Waals surface area contributed by atoms with Crippen molar-refractivity contribution in [2.45, 2.75) is 26.3 Å². The lowest BCUT2D eigenvalue weighted by Crippen LogP contribution is -2.13. The first-order valence-electron chi connectivity index (χ1n) is 7.29. The number of hydrogen-bond donors (Lipinski definition) is 1. The molecule has 0 fully saturated rings. The van der Waals surface area contributed by atoms with E-state index in [9.17, 15) is 0 Å². The third kappa shape index (κ3) is 2.72. The minimum absolute atomic E-state index is 0.181. The monoisotopic (exact) mass is 297 g/mol. The lowest BCUT2D eigenvalue weighted by Gasteiger charge is -2.19. The van der Waals surface area contributed by atoms with E-state index >= 15 is 0 Å². The van der Waals surface area contributed by atoms with Gasteiger partial charge in [-0.1, -0.05) is 19.1 Å². The minimum Gasteiger partial charge on any atom is -0.497 e. The molecule has 0 radical (unpaired) electrons. The standard InChI is InChI=1S/C16H19N5O/c1-4-14(12-5-7-13(22-3)8-6-12)20-15-9-11(2)19-16-17-10-18-21(15)16/h5-10,14,20H,4H2,1-3H3. The number of benzene rings is 1. The van der Waals surface area contributed by atoms with E-state index in [-0.39, 0.29) is 6.04 Å². The van der Waals surface area contributed by atoms with Crippen molar-refractivity contribution in [3.63, 3.8) is 0 Å². The van der Waals surface area contributed by atoms with Crippen LogP contribution in [-0.2, 0) is 0 Å². The first-order chi connectivity index (χ1) is 10.7. The van der Waals surface area contributed by atoms with E-state index in [4.69, 9.17) is 4.74 Å². The van der Waals surface area contributed by atoms with Gasteiger partial charge in [0.25, 0.3) is 5.78 Å². The van der Waals surface area contributed by atoms with Gasteiger partial charge in [-0.3, -0.25) is 0 Å². The second-order valence-corrected chi connectivity index (χ2v) is 5.13. The molecular weight excluding hydrogens is 278 g/mol. The molecule has 0 aliphatic rings. The van der Waals surface area contributed by atoms with E-state index in [2.05, 4.69) is 39.4 Å². The Hall–Kier alpha value is -2.63. The van der Waals surface area contributed by atoms with Crippen molar-refractivity contribution in [3.05, 3.63) is 47.9 Å². The molecule has 2 aromatic heterocycles. The third-order valence-electron chi connectivity index (χ3n) is 3.63. The van der Waals surface area contributed by atoms with Gasteiger partial charge in [-0.2, -0.15) is 14.6 Å². The molecule has 0 aliphatic heterocycles. The molecule has 1 unspecified atom stereocenters. The highest BCUT2D eigenvalue weighted by atomic mass is 16.5. The van der Waals surface area contributed by atoms with Crippen LogP contribution in [0.1, 0.15) is 30.6 Å². The van der Waals surface area contributed by atoms with E-state index in [1.165, 1.54) is 11.9 Å². The zero-order valence-electron chi connectivity index (χ0n) is 12.9. The van der Waals surface area contributed by atoms with E-state index < -0.39 is 0 Å². The second-order valence-electron chi connectivity index (χ2n) is 5.13. The lowest BCUT2D eigenvalue weighted by molar-refractivity contribution is 0.414. The zero-order chi connectivity index (χ0) is 15.5. The predicted molar refractivity (Wildman–Crippen MR) is 85.2 cm³/mol. The molecule has 2 heterocycles. The summed E-state index contributed by atoms with van der Waals surface area (Å²) in [5.41, 5.74) is 2.11. The summed E-state index contributed by atoms with van der Waals surface area (Å²) >= 11 is 0. The fraction of sp³-hybridized carbons (Fsp3) is 0.312. The van der Waals surface area contributed by atoms with Crippen molar-refractivity contribution >= 4 is 11.6 Å². The van der Waals surface area contributed by atoms with Crippen LogP contribution in [0.25, 0.3) is 5.78 Å². The highest BCUT2D eigenvalue weighted by Gasteiger charge is 2.13. The summed E-state index contributed by atoms with van der Waals surface area (Å²) in [6.45, 7) is 4.10. The van der Waals surface area contributed by atoms with E-state index in [1.54, 1.807) is 11.6 Å². The summed E-state index contributed by atoms with van der Waals surface area (Å²) in [5.74, 6) is 2.35. The first kappa shape index (κ1) is 14.3. The van der Waals surface area contributed by atoms with Crippen LogP contribution in [0.15, 0.2) is 36.7 Å². The molecule has 0 saturated carbocycles. The largest absolute Gasteiger partial charge is 0.497 e. The molecule has 6 heteroatoms. The minimum atomic E-state index is 0.181. The Balaban J connectivity index is 1.92. The fourth-order valence-electron chi connectivity index (χ4n) is 2.47. The lowest BCUT2D eigenvalue weighted by atomic mass is 10.0. The Morgan fingerprint density at radius 2 is 2.05 bits per heavy atom. The predicted octanol–water partition coefficient (Wildman–Crippen LogP) is 3.00. The molecule has 1 atom stereocenters. The van der Waals surface area contributed by atoms with Gasteiger partial charge in [-0.15, -0.1) is 0 Å². The molecule has 3 aromatic rings. The molecule has 114 valence electrons. The number of fused-ring (bicyclic) bond motifs is 1. The number of ether oxygens (including phenoxy) is 1. The van der Waals surface area contributed by atoms with E-state index in [0.717, 1.165) is 23.7 Å². The van der Waals surface area contributed by atoms with Crippen LogP contribution in [0, 0.1) is 6.92 Å². The quantitative estimate of drug-likeness (QED) is 0.784. The van der Waals surface area contributed by atoms with Crippen molar-refractivity contribution < 1.29 is 4.74 Å². The average Bonchev–Trinajstić information content (AvgIpc) is 3.01. The van der Waals surface area contributed by atoms with Crippen LogP contribution in [0.4, 0.5) is 5.82 Å². The number of hydrogen-bond acceptors (Lipinski definition) is 5. The highest BCUT2D eigenvalue weighted by Crippen LogP contribution is 2.24. The number of anilines is 1. The van der Waals surface area contributed by atoms with Crippen LogP contribution in [0.3, 0.4) is 0 Å². The number of aromatic nitrogens is 4. The highest BCUT2D eigenvalue weighted by molar-refractivity contribution is 5.46. The summed E-state index contributed by atoms with van der Waals surface area (Å²) in [6, 6.07) is 10.3. The van der Waals surface area contributed by atoms with Gasteiger partial charge in [0.1, 0.15) is 17.9 Å². The van der Waals surface area contributed by atoms with Gasteiger partial charge in [-0.25, -0.2) is 4.98 Å². The SMILES string of the molecule is CCC(Nc1cc(C)nc2ncnn12)c1ccc(OC)cc1. The van der Waals surface area contributed by atoms with Crippen molar-refractivity contribution in [2.24, 2.45) is 0 Å². The molecule has 1 aromatic carbocycles. The van der Waals surface area contributed by atoms with Crippen LogP contribution < -0.4 is 10.1 Å². The van der Waals surface area contributed by atoms with Crippen LogP contribution in [-0.4, -0.2) is 26.7 Å². The van der Waals surface area contributed by atoms with Gasteiger partial charge in [0.2, 0.25) is 0 Å². The maximum absolute atomic E-state index is 5.21. The van der Waals surface area contributed by atoms with Crippen molar-refractivity contribution in [3.8, 4) is 5.75 Å².